The fourth-order valence-corrected chi connectivity index (χ4v) is 2.11. The second-order valence-corrected chi connectivity index (χ2v) is 4.41. The molecule has 0 aromatic heterocycles. The van der Waals surface area contributed by atoms with Crippen LogP contribution in [0.3, 0.4) is 0 Å². The molecule has 1 rings (SSSR count). The molecule has 0 spiro atoms. The van der Waals surface area contributed by atoms with Crippen LogP contribution in [0.4, 0.5) is 10.5 Å². The van der Waals surface area contributed by atoms with E-state index in [9.17, 15) is 4.79 Å². The van der Waals surface area contributed by atoms with Gasteiger partial charge in [0.05, 0.1) is 0 Å². The highest BCUT2D eigenvalue weighted by Gasteiger charge is 2.05. The molecule has 0 radical (unpaired) electrons. The van der Waals surface area contributed by atoms with Crippen molar-refractivity contribution in [3.05, 3.63) is 28.8 Å². The lowest BCUT2D eigenvalue weighted by Crippen LogP contribution is -2.24. The van der Waals surface area contributed by atoms with Crippen LogP contribution in [-0.4, -0.2) is 30.8 Å². The molecule has 100 valence electrons. The van der Waals surface area contributed by atoms with E-state index in [0.29, 0.717) is 18.0 Å². The number of carboxylic acid groups (broad SMARTS) is 1. The number of hydrogen-bond donors (Lipinski definition) is 2. The summed E-state index contributed by atoms with van der Waals surface area (Å²) in [5, 5.41) is 11.6. The number of halogens is 1. The number of hydrogen-bond acceptors (Lipinski definition) is 2. The van der Waals surface area contributed by atoms with Crippen LogP contribution in [-0.2, 0) is 6.42 Å². The fourth-order valence-electron chi connectivity index (χ4n) is 1.86. The molecule has 1 aromatic carbocycles. The quantitative estimate of drug-likeness (QED) is 0.836. The minimum absolute atomic E-state index is 0.396. The standard InChI is InChI=1S/C13H19ClN2O2/c1-3-16(4-2)12-8-10(7-11(14)9-12)5-6-15-13(17)18/h7-9,15H,3-6H2,1-2H3,(H,17,18). The van der Waals surface area contributed by atoms with E-state index < -0.39 is 6.09 Å². The van der Waals surface area contributed by atoms with E-state index in [2.05, 4.69) is 30.1 Å². The Morgan fingerprint density at radius 1 is 1.33 bits per heavy atom. The third kappa shape index (κ3) is 4.45. The van der Waals surface area contributed by atoms with Gasteiger partial charge >= 0.3 is 6.09 Å². The molecule has 1 aromatic rings. The van der Waals surface area contributed by atoms with Gasteiger partial charge in [-0.15, -0.1) is 0 Å². The number of nitrogens with zero attached hydrogens (tertiary/aromatic N) is 1. The Labute approximate surface area is 113 Å². The molecule has 1 amide bonds. The van der Waals surface area contributed by atoms with E-state index in [1.54, 1.807) is 0 Å². The summed E-state index contributed by atoms with van der Waals surface area (Å²) in [6.07, 6.45) is -0.359. The molecule has 2 N–H and O–H groups in total. The number of amides is 1. The summed E-state index contributed by atoms with van der Waals surface area (Å²) in [5.74, 6) is 0. The van der Waals surface area contributed by atoms with Crippen molar-refractivity contribution in [1.82, 2.24) is 5.32 Å². The van der Waals surface area contributed by atoms with Crippen LogP contribution in [0.5, 0.6) is 0 Å². The smallest absolute Gasteiger partial charge is 0.404 e. The molecule has 0 heterocycles. The van der Waals surface area contributed by atoms with Gasteiger partial charge in [-0.2, -0.15) is 0 Å². The first kappa shape index (κ1) is 14.6. The van der Waals surface area contributed by atoms with E-state index in [-0.39, 0.29) is 0 Å². The van der Waals surface area contributed by atoms with Gasteiger partial charge in [-0.1, -0.05) is 11.6 Å². The van der Waals surface area contributed by atoms with Gasteiger partial charge < -0.3 is 15.3 Å². The Morgan fingerprint density at radius 3 is 2.56 bits per heavy atom. The molecular formula is C13H19ClN2O2. The van der Waals surface area contributed by atoms with E-state index in [1.807, 2.05) is 12.1 Å². The van der Waals surface area contributed by atoms with Gasteiger partial charge in [0.25, 0.3) is 0 Å². The molecule has 0 saturated carbocycles. The lowest BCUT2D eigenvalue weighted by atomic mass is 10.1. The number of nitrogens with one attached hydrogen (secondary N) is 1. The maximum Gasteiger partial charge on any atom is 0.404 e. The Hall–Kier alpha value is -1.42. The third-order valence-electron chi connectivity index (χ3n) is 2.76. The number of rotatable bonds is 6. The van der Waals surface area contributed by atoms with Crippen LogP contribution in [0, 0.1) is 0 Å². The van der Waals surface area contributed by atoms with E-state index >= 15 is 0 Å². The minimum Gasteiger partial charge on any atom is -0.465 e. The number of benzene rings is 1. The predicted octanol–water partition coefficient (Wildman–Crippen LogP) is 3.00. The van der Waals surface area contributed by atoms with Crippen molar-refractivity contribution in [3.63, 3.8) is 0 Å². The molecule has 4 nitrogen and oxygen atoms in total. The molecule has 0 bridgehead atoms. The van der Waals surface area contributed by atoms with E-state index in [4.69, 9.17) is 16.7 Å². The van der Waals surface area contributed by atoms with Crippen molar-refractivity contribution < 1.29 is 9.90 Å². The summed E-state index contributed by atoms with van der Waals surface area (Å²) in [4.78, 5) is 12.6. The summed E-state index contributed by atoms with van der Waals surface area (Å²) in [7, 11) is 0. The van der Waals surface area contributed by atoms with Crippen LogP contribution in [0.15, 0.2) is 18.2 Å². The largest absolute Gasteiger partial charge is 0.465 e. The molecule has 0 aliphatic carbocycles. The van der Waals surface area contributed by atoms with E-state index in [0.717, 1.165) is 24.3 Å². The second kappa shape index (κ2) is 7.11. The predicted molar refractivity (Wildman–Crippen MR) is 74.7 cm³/mol. The SMILES string of the molecule is CCN(CC)c1cc(Cl)cc(CCNC(=O)O)c1. The average molecular weight is 271 g/mol. The van der Waals surface area contributed by atoms with Gasteiger partial charge in [-0.3, -0.25) is 0 Å². The highest BCUT2D eigenvalue weighted by atomic mass is 35.5. The molecule has 0 atom stereocenters. The van der Waals surface area contributed by atoms with Crippen LogP contribution < -0.4 is 10.2 Å². The van der Waals surface area contributed by atoms with E-state index in [1.165, 1.54) is 0 Å². The summed E-state index contributed by atoms with van der Waals surface area (Å²) >= 11 is 6.09. The zero-order valence-corrected chi connectivity index (χ0v) is 11.5. The van der Waals surface area contributed by atoms with Gasteiger partial charge in [-0.25, -0.2) is 4.79 Å². The Balaban J connectivity index is 2.77. The maximum atomic E-state index is 10.4. The summed E-state index contributed by atoms with van der Waals surface area (Å²) in [5.41, 5.74) is 2.12. The molecule has 0 aliphatic rings. The Kier molecular flexibility index (Phi) is 5.78. The fraction of sp³-hybridized carbons (Fsp3) is 0.462. The third-order valence-corrected chi connectivity index (χ3v) is 2.98. The molecule has 0 aliphatic heterocycles. The van der Waals surface area contributed by atoms with Crippen molar-refractivity contribution in [2.24, 2.45) is 0 Å². The maximum absolute atomic E-state index is 10.4. The average Bonchev–Trinajstić information content (AvgIpc) is 2.29. The summed E-state index contributed by atoms with van der Waals surface area (Å²) in [6, 6.07) is 5.86. The molecule has 0 fully saturated rings. The second-order valence-electron chi connectivity index (χ2n) is 3.97. The van der Waals surface area contributed by atoms with Gasteiger partial charge in [-0.05, 0) is 44.0 Å². The zero-order valence-electron chi connectivity index (χ0n) is 10.7. The zero-order chi connectivity index (χ0) is 13.5. The van der Waals surface area contributed by atoms with Crippen LogP contribution in [0.25, 0.3) is 0 Å². The van der Waals surface area contributed by atoms with Crippen molar-refractivity contribution in [2.75, 3.05) is 24.5 Å². The molecule has 0 saturated heterocycles. The normalized spacial score (nSPS) is 10.2. The van der Waals surface area contributed by atoms with Crippen LogP contribution in [0.1, 0.15) is 19.4 Å². The van der Waals surface area contributed by atoms with Crippen LogP contribution >= 0.6 is 11.6 Å². The first-order valence-corrected chi connectivity index (χ1v) is 6.45. The summed E-state index contributed by atoms with van der Waals surface area (Å²) in [6.45, 7) is 6.42. The first-order valence-electron chi connectivity index (χ1n) is 6.08. The van der Waals surface area contributed by atoms with Crippen LogP contribution in [0.2, 0.25) is 5.02 Å². The molecular weight excluding hydrogens is 252 g/mol. The van der Waals surface area contributed by atoms with Crippen molar-refractivity contribution >= 4 is 23.4 Å². The Morgan fingerprint density at radius 2 is 2.00 bits per heavy atom. The molecule has 5 heteroatoms. The topological polar surface area (TPSA) is 52.6 Å². The molecule has 0 unspecified atom stereocenters. The van der Waals surface area contributed by atoms with Gasteiger partial charge in [0, 0.05) is 30.3 Å². The minimum atomic E-state index is -0.999. The molecule has 18 heavy (non-hydrogen) atoms. The number of carbonyl (C=O) groups is 1. The van der Waals surface area contributed by atoms with Gasteiger partial charge in [0.1, 0.15) is 0 Å². The highest BCUT2D eigenvalue weighted by Crippen LogP contribution is 2.22. The van der Waals surface area contributed by atoms with Crippen molar-refractivity contribution in [1.29, 1.82) is 0 Å². The van der Waals surface area contributed by atoms with Gasteiger partial charge in [0.2, 0.25) is 0 Å². The van der Waals surface area contributed by atoms with Gasteiger partial charge in [0.15, 0.2) is 0 Å². The Bertz CT molecular complexity index is 406. The summed E-state index contributed by atoms with van der Waals surface area (Å²) < 4.78 is 0. The monoisotopic (exact) mass is 270 g/mol. The van der Waals surface area contributed by atoms with Crippen molar-refractivity contribution in [2.45, 2.75) is 20.3 Å². The lowest BCUT2D eigenvalue weighted by molar-refractivity contribution is 0.194. The van der Waals surface area contributed by atoms with Crippen molar-refractivity contribution in [3.8, 4) is 0 Å². The lowest BCUT2D eigenvalue weighted by Gasteiger charge is -2.22. The first-order chi connectivity index (χ1) is 8.56. The highest BCUT2D eigenvalue weighted by molar-refractivity contribution is 6.30. The number of anilines is 1.